The molecule has 0 bridgehead atoms. The largest absolute Gasteiger partial charge is 0.507 e. The van der Waals surface area contributed by atoms with E-state index in [2.05, 4.69) is 12.2 Å². The highest BCUT2D eigenvalue weighted by Crippen LogP contribution is 2.41. The molecule has 1 rings (SSSR count). The van der Waals surface area contributed by atoms with E-state index in [1.165, 1.54) is 25.7 Å². The van der Waals surface area contributed by atoms with Gasteiger partial charge in [0.2, 0.25) is 0 Å². The van der Waals surface area contributed by atoms with Crippen LogP contribution in [0.1, 0.15) is 98.1 Å². The molecule has 2 N–H and O–H groups in total. The van der Waals surface area contributed by atoms with E-state index in [1.54, 1.807) is 12.1 Å². The molecule has 27 heavy (non-hydrogen) atoms. The third-order valence-corrected chi connectivity index (χ3v) is 4.71. The summed E-state index contributed by atoms with van der Waals surface area (Å²) < 4.78 is 5.52. The summed E-state index contributed by atoms with van der Waals surface area (Å²) in [7, 11) is 0. The van der Waals surface area contributed by atoms with Crippen molar-refractivity contribution in [1.82, 2.24) is 5.32 Å². The predicted molar refractivity (Wildman–Crippen MR) is 113 cm³/mol. The summed E-state index contributed by atoms with van der Waals surface area (Å²) >= 11 is 0. The minimum absolute atomic E-state index is 0.252. The molecule has 0 aromatic heterocycles. The van der Waals surface area contributed by atoms with Crippen molar-refractivity contribution in [3.63, 3.8) is 0 Å². The van der Waals surface area contributed by atoms with Crippen molar-refractivity contribution in [1.29, 1.82) is 0 Å². The Hall–Kier alpha value is -1.71. The first-order valence-electron chi connectivity index (χ1n) is 10.3. The van der Waals surface area contributed by atoms with Crippen molar-refractivity contribution < 1.29 is 14.6 Å². The molecule has 0 aliphatic heterocycles. The van der Waals surface area contributed by atoms with Crippen molar-refractivity contribution >= 4 is 6.09 Å². The number of phenols is 1. The van der Waals surface area contributed by atoms with Gasteiger partial charge in [0, 0.05) is 17.7 Å². The number of nitrogens with one attached hydrogen (secondary N) is 1. The molecule has 0 saturated heterocycles. The lowest BCUT2D eigenvalue weighted by molar-refractivity contribution is 0.200. The van der Waals surface area contributed by atoms with Crippen LogP contribution >= 0.6 is 0 Å². The smallest absolute Gasteiger partial charge is 0.412 e. The van der Waals surface area contributed by atoms with Gasteiger partial charge in [-0.15, -0.1) is 0 Å². The highest BCUT2D eigenvalue weighted by atomic mass is 16.6. The minimum Gasteiger partial charge on any atom is -0.507 e. The second kappa shape index (κ2) is 10.0. The molecule has 1 amide bonds. The van der Waals surface area contributed by atoms with Gasteiger partial charge in [-0.05, 0) is 29.4 Å². The lowest BCUT2D eigenvalue weighted by Crippen LogP contribution is -2.28. The maximum atomic E-state index is 12.2. The highest BCUT2D eigenvalue weighted by molar-refractivity contribution is 5.71. The number of benzene rings is 1. The van der Waals surface area contributed by atoms with Gasteiger partial charge in [-0.2, -0.15) is 0 Å². The first-order chi connectivity index (χ1) is 12.5. The van der Waals surface area contributed by atoms with Gasteiger partial charge in [0.15, 0.2) is 0 Å². The van der Waals surface area contributed by atoms with Crippen LogP contribution in [0.4, 0.5) is 4.79 Å². The summed E-state index contributed by atoms with van der Waals surface area (Å²) in [5, 5.41) is 13.6. The number of hydrogen-bond acceptors (Lipinski definition) is 3. The fraction of sp³-hybridized carbons (Fsp3) is 0.696. The van der Waals surface area contributed by atoms with E-state index in [1.807, 2.05) is 41.5 Å². The summed E-state index contributed by atoms with van der Waals surface area (Å²) in [6.07, 6.45) is 6.66. The van der Waals surface area contributed by atoms with Gasteiger partial charge in [0.05, 0.1) is 0 Å². The zero-order valence-corrected chi connectivity index (χ0v) is 18.4. The zero-order chi connectivity index (χ0) is 20.7. The molecular weight excluding hydrogens is 338 g/mol. The van der Waals surface area contributed by atoms with E-state index in [4.69, 9.17) is 4.74 Å². The van der Waals surface area contributed by atoms with Gasteiger partial charge >= 0.3 is 6.09 Å². The summed E-state index contributed by atoms with van der Waals surface area (Å²) in [6.45, 7) is 15.1. The minimum atomic E-state index is -0.436. The lowest BCUT2D eigenvalue weighted by atomic mass is 9.79. The average Bonchev–Trinajstić information content (AvgIpc) is 2.53. The quantitative estimate of drug-likeness (QED) is 0.513. The Morgan fingerprint density at radius 1 is 0.926 bits per heavy atom. The predicted octanol–water partition coefficient (Wildman–Crippen LogP) is 6.44. The Morgan fingerprint density at radius 3 is 1.89 bits per heavy atom. The molecule has 4 nitrogen and oxygen atoms in total. The SMILES string of the molecule is CCCCCCCCNC(=O)Oc1cc(C(C)(C)C)c(O)c(C(C)(C)C)c1. The van der Waals surface area contributed by atoms with Crippen LogP contribution in [-0.2, 0) is 10.8 Å². The van der Waals surface area contributed by atoms with Crippen LogP contribution < -0.4 is 10.1 Å². The number of rotatable bonds is 8. The molecule has 0 heterocycles. The van der Waals surface area contributed by atoms with E-state index in [0.717, 1.165) is 24.0 Å². The molecule has 0 unspecified atom stereocenters. The second-order valence-electron chi connectivity index (χ2n) is 9.45. The van der Waals surface area contributed by atoms with Crippen LogP contribution in [0.2, 0.25) is 0 Å². The number of unbranched alkanes of at least 4 members (excludes halogenated alkanes) is 5. The average molecular weight is 378 g/mol. The van der Waals surface area contributed by atoms with E-state index in [-0.39, 0.29) is 16.6 Å². The number of hydrogen-bond donors (Lipinski definition) is 2. The molecule has 0 fully saturated rings. The number of amides is 1. The van der Waals surface area contributed by atoms with E-state index < -0.39 is 6.09 Å². The number of phenolic OH excluding ortho intramolecular Hbond substituents is 1. The third-order valence-electron chi connectivity index (χ3n) is 4.71. The first kappa shape index (κ1) is 23.3. The van der Waals surface area contributed by atoms with Gasteiger partial charge in [-0.25, -0.2) is 4.79 Å². The maximum Gasteiger partial charge on any atom is 0.412 e. The Morgan fingerprint density at radius 2 is 1.41 bits per heavy atom. The van der Waals surface area contributed by atoms with Crippen LogP contribution in [0, 0.1) is 0 Å². The second-order valence-corrected chi connectivity index (χ2v) is 9.45. The van der Waals surface area contributed by atoms with Crippen LogP contribution in [0.3, 0.4) is 0 Å². The van der Waals surface area contributed by atoms with Crippen LogP contribution in [0.15, 0.2) is 12.1 Å². The van der Waals surface area contributed by atoms with E-state index in [9.17, 15) is 9.90 Å². The maximum absolute atomic E-state index is 12.2. The Kier molecular flexibility index (Phi) is 8.64. The highest BCUT2D eigenvalue weighted by Gasteiger charge is 2.27. The summed E-state index contributed by atoms with van der Waals surface area (Å²) in [6, 6.07) is 3.55. The Labute approximate surface area is 165 Å². The third kappa shape index (κ3) is 7.82. The zero-order valence-electron chi connectivity index (χ0n) is 18.4. The fourth-order valence-electron chi connectivity index (χ4n) is 3.05. The first-order valence-corrected chi connectivity index (χ1v) is 10.3. The topological polar surface area (TPSA) is 58.6 Å². The Bertz CT molecular complexity index is 574. The van der Waals surface area contributed by atoms with Crippen molar-refractivity contribution in [2.75, 3.05) is 6.54 Å². The summed E-state index contributed by atoms with van der Waals surface area (Å²) in [5.41, 5.74) is 1.07. The van der Waals surface area contributed by atoms with Gasteiger partial charge in [0.1, 0.15) is 11.5 Å². The molecule has 0 saturated carbocycles. The molecule has 0 atom stereocenters. The standard InChI is InChI=1S/C23H39NO3/c1-8-9-10-11-12-13-14-24-21(26)27-17-15-18(22(2,3)4)20(25)19(16-17)23(5,6)7/h15-16,25H,8-14H2,1-7H3,(H,24,26). The van der Waals surface area contributed by atoms with Crippen molar-refractivity contribution in [3.8, 4) is 11.5 Å². The normalized spacial score (nSPS) is 12.1. The van der Waals surface area contributed by atoms with Crippen LogP contribution in [0.5, 0.6) is 11.5 Å². The van der Waals surface area contributed by atoms with E-state index >= 15 is 0 Å². The van der Waals surface area contributed by atoms with Gasteiger partial charge in [0.25, 0.3) is 0 Å². The molecule has 0 spiro atoms. The number of aromatic hydroxyl groups is 1. The fourth-order valence-corrected chi connectivity index (χ4v) is 3.05. The van der Waals surface area contributed by atoms with E-state index in [0.29, 0.717) is 12.3 Å². The van der Waals surface area contributed by atoms with Crippen molar-refractivity contribution in [2.24, 2.45) is 0 Å². The molecule has 4 heteroatoms. The number of ether oxygens (including phenoxy) is 1. The molecule has 1 aromatic carbocycles. The monoisotopic (exact) mass is 377 g/mol. The molecule has 1 aromatic rings. The van der Waals surface area contributed by atoms with Crippen molar-refractivity contribution in [3.05, 3.63) is 23.3 Å². The van der Waals surface area contributed by atoms with Crippen LogP contribution in [-0.4, -0.2) is 17.7 Å². The summed E-state index contributed by atoms with van der Waals surface area (Å²) in [5.74, 6) is 0.762. The Balaban J connectivity index is 2.75. The number of carbonyl (C=O) groups is 1. The molecule has 154 valence electrons. The van der Waals surface area contributed by atoms with Gasteiger partial charge < -0.3 is 15.2 Å². The van der Waals surface area contributed by atoms with Crippen molar-refractivity contribution in [2.45, 2.75) is 97.8 Å². The molecule has 0 aliphatic carbocycles. The van der Waals surface area contributed by atoms with Crippen LogP contribution in [0.25, 0.3) is 0 Å². The molecular formula is C23H39NO3. The number of carbonyl (C=O) groups excluding carboxylic acids is 1. The molecule has 0 radical (unpaired) electrons. The molecule has 0 aliphatic rings. The lowest BCUT2D eigenvalue weighted by Gasteiger charge is -2.27. The van der Waals surface area contributed by atoms with Gasteiger partial charge in [-0.3, -0.25) is 0 Å². The summed E-state index contributed by atoms with van der Waals surface area (Å²) in [4.78, 5) is 12.2. The van der Waals surface area contributed by atoms with Gasteiger partial charge in [-0.1, -0.05) is 80.6 Å².